The molecule has 0 unspecified atom stereocenters. The minimum atomic E-state index is -3.77. The summed E-state index contributed by atoms with van der Waals surface area (Å²) in [6.07, 6.45) is 1.33. The molecule has 0 amide bonds. The smallest absolute Gasteiger partial charge is 0.201 e. The molecule has 4 nitrogen and oxygen atoms in total. The summed E-state index contributed by atoms with van der Waals surface area (Å²) in [6.45, 7) is 0. The number of nitrogens with two attached hydrogens (primary N) is 1. The van der Waals surface area contributed by atoms with E-state index in [2.05, 4.69) is 4.98 Å². The van der Waals surface area contributed by atoms with Gasteiger partial charge < -0.3 is 5.73 Å². The third-order valence-corrected chi connectivity index (χ3v) is 4.52. The van der Waals surface area contributed by atoms with Crippen molar-refractivity contribution in [2.24, 2.45) is 0 Å². The Morgan fingerprint density at radius 2 is 2.00 bits per heavy atom. The maximum absolute atomic E-state index is 13.3. The lowest BCUT2D eigenvalue weighted by Crippen LogP contribution is -2.10. The van der Waals surface area contributed by atoms with Gasteiger partial charge in [-0.15, -0.1) is 0 Å². The molecule has 0 radical (unpaired) electrons. The summed E-state index contributed by atoms with van der Waals surface area (Å²) < 4.78 is 37.6. The highest BCUT2D eigenvalue weighted by atomic mass is 35.5. The maximum atomic E-state index is 13.3. The highest BCUT2D eigenvalue weighted by Gasteiger charge is 2.21. The summed E-state index contributed by atoms with van der Waals surface area (Å²) in [7, 11) is -3.77. The Hall–Kier alpha value is -1.66. The van der Waals surface area contributed by atoms with Crippen LogP contribution < -0.4 is 5.73 Å². The van der Waals surface area contributed by atoms with Gasteiger partial charge in [0.05, 0.1) is 16.5 Å². The third kappa shape index (κ3) is 2.85. The van der Waals surface area contributed by atoms with Gasteiger partial charge in [0.25, 0.3) is 0 Å². The van der Waals surface area contributed by atoms with Crippen molar-refractivity contribution in [1.29, 1.82) is 0 Å². The molecule has 2 N–H and O–H groups in total. The van der Waals surface area contributed by atoms with E-state index in [1.165, 1.54) is 30.5 Å². The van der Waals surface area contributed by atoms with Crippen molar-refractivity contribution in [2.45, 2.75) is 10.8 Å². The Balaban J connectivity index is 2.43. The van der Waals surface area contributed by atoms with Crippen molar-refractivity contribution in [3.63, 3.8) is 0 Å². The molecule has 7 heteroatoms. The van der Waals surface area contributed by atoms with Crippen LogP contribution in [0.3, 0.4) is 0 Å². The van der Waals surface area contributed by atoms with E-state index in [1.54, 1.807) is 0 Å². The molecule has 2 aromatic rings. The van der Waals surface area contributed by atoms with Gasteiger partial charge in [-0.2, -0.15) is 0 Å². The standard InChI is InChI=1S/C12H10ClFN2O2S/c13-11-8(3-1-4-9(11)14)7-19(17,18)12-10(15)5-2-6-16-12/h1-6H,7,15H2. The molecule has 0 aliphatic heterocycles. The Bertz CT molecular complexity index is 719. The zero-order valence-electron chi connectivity index (χ0n) is 9.68. The molecule has 0 fully saturated rings. The van der Waals surface area contributed by atoms with Gasteiger partial charge in [-0.05, 0) is 23.8 Å². The van der Waals surface area contributed by atoms with Crippen molar-refractivity contribution in [3.05, 3.63) is 52.9 Å². The van der Waals surface area contributed by atoms with Crippen LogP contribution in [0.25, 0.3) is 0 Å². The number of halogens is 2. The molecular weight excluding hydrogens is 291 g/mol. The second kappa shape index (κ2) is 5.14. The molecule has 19 heavy (non-hydrogen) atoms. The van der Waals surface area contributed by atoms with Gasteiger partial charge in [-0.25, -0.2) is 17.8 Å². The number of sulfone groups is 1. The van der Waals surface area contributed by atoms with Crippen molar-refractivity contribution < 1.29 is 12.8 Å². The van der Waals surface area contributed by atoms with E-state index in [0.717, 1.165) is 6.07 Å². The highest BCUT2D eigenvalue weighted by molar-refractivity contribution is 7.90. The van der Waals surface area contributed by atoms with Gasteiger partial charge in [-0.1, -0.05) is 23.7 Å². The fourth-order valence-electron chi connectivity index (χ4n) is 1.60. The molecule has 1 heterocycles. The Kier molecular flexibility index (Phi) is 3.73. The molecule has 0 bridgehead atoms. The Morgan fingerprint density at radius 1 is 1.26 bits per heavy atom. The van der Waals surface area contributed by atoms with Crippen molar-refractivity contribution in [1.82, 2.24) is 4.98 Å². The monoisotopic (exact) mass is 300 g/mol. The Morgan fingerprint density at radius 3 is 2.68 bits per heavy atom. The first kappa shape index (κ1) is 13.8. The summed E-state index contributed by atoms with van der Waals surface area (Å²) in [5, 5.41) is -0.434. The molecule has 0 saturated heterocycles. The van der Waals surface area contributed by atoms with Crippen LogP contribution in [0.1, 0.15) is 5.56 Å². The first-order valence-electron chi connectivity index (χ1n) is 5.28. The zero-order chi connectivity index (χ0) is 14.0. The molecular formula is C12H10ClFN2O2S. The lowest BCUT2D eigenvalue weighted by atomic mass is 10.2. The van der Waals surface area contributed by atoms with Crippen LogP contribution >= 0.6 is 11.6 Å². The summed E-state index contributed by atoms with van der Waals surface area (Å²) in [5.74, 6) is -1.12. The predicted molar refractivity (Wildman–Crippen MR) is 70.9 cm³/mol. The summed E-state index contributed by atoms with van der Waals surface area (Å²) in [4.78, 5) is 3.75. The van der Waals surface area contributed by atoms with Crippen LogP contribution in [0.2, 0.25) is 5.02 Å². The van der Waals surface area contributed by atoms with Crippen LogP contribution in [0.4, 0.5) is 10.1 Å². The first-order chi connectivity index (χ1) is 8.92. The van der Waals surface area contributed by atoms with Crippen molar-refractivity contribution in [3.8, 4) is 0 Å². The summed E-state index contributed by atoms with van der Waals surface area (Å²) >= 11 is 5.74. The molecule has 0 saturated carbocycles. The molecule has 2 rings (SSSR count). The number of nitrogens with zero attached hydrogens (tertiary/aromatic N) is 1. The number of aromatic nitrogens is 1. The number of nitrogen functional groups attached to an aromatic ring is 1. The lowest BCUT2D eigenvalue weighted by molar-refractivity contribution is 0.591. The second-order valence-corrected chi connectivity index (χ2v) is 6.15. The molecule has 0 atom stereocenters. The first-order valence-corrected chi connectivity index (χ1v) is 7.31. The minimum Gasteiger partial charge on any atom is -0.396 e. The maximum Gasteiger partial charge on any atom is 0.201 e. The van der Waals surface area contributed by atoms with E-state index in [1.807, 2.05) is 0 Å². The average Bonchev–Trinajstić information content (AvgIpc) is 2.35. The Labute approximate surface area is 115 Å². The number of pyridine rings is 1. The second-order valence-electron chi connectivity index (χ2n) is 3.87. The van der Waals surface area contributed by atoms with E-state index < -0.39 is 21.4 Å². The van der Waals surface area contributed by atoms with E-state index in [0.29, 0.717) is 0 Å². The van der Waals surface area contributed by atoms with E-state index >= 15 is 0 Å². The third-order valence-electron chi connectivity index (χ3n) is 2.47. The predicted octanol–water partition coefficient (Wildman–Crippen LogP) is 2.43. The molecule has 0 spiro atoms. The summed E-state index contributed by atoms with van der Waals surface area (Å²) in [5.41, 5.74) is 5.80. The average molecular weight is 301 g/mol. The van der Waals surface area contributed by atoms with E-state index in [-0.39, 0.29) is 21.3 Å². The van der Waals surface area contributed by atoms with Gasteiger partial charge >= 0.3 is 0 Å². The zero-order valence-corrected chi connectivity index (χ0v) is 11.2. The van der Waals surface area contributed by atoms with Crippen LogP contribution in [0.5, 0.6) is 0 Å². The van der Waals surface area contributed by atoms with Crippen molar-refractivity contribution in [2.75, 3.05) is 5.73 Å². The SMILES string of the molecule is Nc1cccnc1S(=O)(=O)Cc1cccc(F)c1Cl. The normalized spacial score (nSPS) is 11.5. The van der Waals surface area contributed by atoms with Crippen molar-refractivity contribution >= 4 is 27.1 Å². The number of benzene rings is 1. The number of hydrogen-bond donors (Lipinski definition) is 1. The number of hydrogen-bond acceptors (Lipinski definition) is 4. The number of anilines is 1. The fourth-order valence-corrected chi connectivity index (χ4v) is 3.30. The topological polar surface area (TPSA) is 73.0 Å². The van der Waals surface area contributed by atoms with Gasteiger partial charge in [0.1, 0.15) is 5.82 Å². The van der Waals surface area contributed by atoms with Gasteiger partial charge in [0, 0.05) is 6.20 Å². The lowest BCUT2D eigenvalue weighted by Gasteiger charge is -2.08. The van der Waals surface area contributed by atoms with Gasteiger partial charge in [-0.3, -0.25) is 0 Å². The summed E-state index contributed by atoms with van der Waals surface area (Å²) in [6, 6.07) is 6.97. The van der Waals surface area contributed by atoms with E-state index in [9.17, 15) is 12.8 Å². The molecule has 1 aromatic carbocycles. The molecule has 0 aliphatic rings. The highest BCUT2D eigenvalue weighted by Crippen LogP contribution is 2.25. The van der Waals surface area contributed by atoms with Gasteiger partial charge in [0.15, 0.2) is 5.03 Å². The molecule has 0 aliphatic carbocycles. The van der Waals surface area contributed by atoms with Crippen LogP contribution in [0, 0.1) is 5.82 Å². The largest absolute Gasteiger partial charge is 0.396 e. The van der Waals surface area contributed by atoms with E-state index in [4.69, 9.17) is 17.3 Å². The van der Waals surface area contributed by atoms with Crippen LogP contribution in [-0.4, -0.2) is 13.4 Å². The molecule has 100 valence electrons. The fraction of sp³-hybridized carbons (Fsp3) is 0.0833. The minimum absolute atomic E-state index is 0.0509. The quantitative estimate of drug-likeness (QED) is 0.945. The van der Waals surface area contributed by atoms with Gasteiger partial charge in [0.2, 0.25) is 9.84 Å². The molecule has 1 aromatic heterocycles. The van der Waals surface area contributed by atoms with Crippen LogP contribution in [-0.2, 0) is 15.6 Å². The number of rotatable bonds is 3. The van der Waals surface area contributed by atoms with Crippen LogP contribution in [0.15, 0.2) is 41.6 Å².